The summed E-state index contributed by atoms with van der Waals surface area (Å²) in [7, 11) is 0. The van der Waals surface area contributed by atoms with E-state index in [0.717, 1.165) is 55.0 Å². The van der Waals surface area contributed by atoms with Crippen LogP contribution in [0.25, 0.3) is 0 Å². The number of carbonyl (C=O) groups excluding carboxylic acids is 1. The highest BCUT2D eigenvalue weighted by molar-refractivity contribution is 7.80. The number of hydrogen-bond donors (Lipinski definition) is 1. The molecule has 0 aromatic heterocycles. The monoisotopic (exact) mass is 550 g/mol. The fourth-order valence-corrected chi connectivity index (χ4v) is 5.29. The van der Waals surface area contributed by atoms with Crippen molar-refractivity contribution >= 4 is 40.4 Å². The number of amides is 1. The van der Waals surface area contributed by atoms with Gasteiger partial charge in [-0.3, -0.25) is 4.79 Å². The molecule has 0 bridgehead atoms. The van der Waals surface area contributed by atoms with Gasteiger partial charge in [-0.2, -0.15) is 0 Å². The van der Waals surface area contributed by atoms with Crippen LogP contribution in [0.15, 0.2) is 66.7 Å². The second-order valence-corrected chi connectivity index (χ2v) is 10.3. The summed E-state index contributed by atoms with van der Waals surface area (Å²) < 4.78 is 11.7. The van der Waals surface area contributed by atoms with Crippen LogP contribution < -0.4 is 14.8 Å². The van der Waals surface area contributed by atoms with E-state index in [4.69, 9.17) is 33.3 Å². The molecule has 200 valence electrons. The standard InChI is InChI=1S/C31H35ClN2O3S/c1-3-22-10-12-26(13-11-22)33-29(35)21-37-30-27(32)19-25(20-28(30)36-4-2)31(38)34-16-14-24(15-17-34)18-23-8-6-5-7-9-23/h5-13,19-20,24H,3-4,14-18,21H2,1-2H3,(H,33,35). The van der Waals surface area contributed by atoms with Crippen molar-refractivity contribution in [2.45, 2.75) is 39.5 Å². The van der Waals surface area contributed by atoms with Crippen LogP contribution in [0.1, 0.15) is 43.4 Å². The molecule has 3 aromatic carbocycles. The Morgan fingerprint density at radius 2 is 1.71 bits per heavy atom. The Labute approximate surface area is 236 Å². The van der Waals surface area contributed by atoms with E-state index in [1.54, 1.807) is 6.07 Å². The molecule has 1 fully saturated rings. The summed E-state index contributed by atoms with van der Waals surface area (Å²) in [5, 5.41) is 3.22. The number of halogens is 1. The number of nitrogens with zero attached hydrogens (tertiary/aromatic N) is 1. The molecule has 5 nitrogen and oxygen atoms in total. The van der Waals surface area contributed by atoms with Gasteiger partial charge < -0.3 is 19.7 Å². The summed E-state index contributed by atoms with van der Waals surface area (Å²) in [5.41, 5.74) is 4.14. The Kier molecular flexibility index (Phi) is 10.0. The van der Waals surface area contributed by atoms with Crippen LogP contribution in [0.4, 0.5) is 5.69 Å². The third kappa shape index (κ3) is 7.49. The predicted molar refractivity (Wildman–Crippen MR) is 159 cm³/mol. The lowest BCUT2D eigenvalue weighted by Gasteiger charge is -2.34. The molecular formula is C31H35ClN2O3S. The van der Waals surface area contributed by atoms with Crippen molar-refractivity contribution in [3.63, 3.8) is 0 Å². The molecule has 0 spiro atoms. The van der Waals surface area contributed by atoms with Gasteiger partial charge in [0, 0.05) is 24.3 Å². The van der Waals surface area contributed by atoms with Gasteiger partial charge in [0.05, 0.1) is 11.6 Å². The number of hydrogen-bond acceptors (Lipinski definition) is 4. The van der Waals surface area contributed by atoms with Gasteiger partial charge in [-0.25, -0.2) is 0 Å². The maximum absolute atomic E-state index is 12.5. The number of piperidine rings is 1. The van der Waals surface area contributed by atoms with Gasteiger partial charge in [0.15, 0.2) is 18.1 Å². The summed E-state index contributed by atoms with van der Waals surface area (Å²) in [5.74, 6) is 1.21. The second kappa shape index (κ2) is 13.6. The van der Waals surface area contributed by atoms with E-state index in [1.165, 1.54) is 11.1 Å². The molecule has 0 atom stereocenters. The van der Waals surface area contributed by atoms with Crippen LogP contribution >= 0.6 is 23.8 Å². The molecule has 0 saturated carbocycles. The number of ether oxygens (including phenoxy) is 2. The average Bonchev–Trinajstić information content (AvgIpc) is 2.93. The highest BCUT2D eigenvalue weighted by atomic mass is 35.5. The molecule has 1 heterocycles. The van der Waals surface area contributed by atoms with Crippen molar-refractivity contribution in [1.82, 2.24) is 4.90 Å². The van der Waals surface area contributed by atoms with E-state index >= 15 is 0 Å². The zero-order valence-corrected chi connectivity index (χ0v) is 23.6. The molecule has 1 saturated heterocycles. The number of rotatable bonds is 10. The van der Waals surface area contributed by atoms with Crippen molar-refractivity contribution in [3.05, 3.63) is 88.4 Å². The minimum absolute atomic E-state index is 0.186. The summed E-state index contributed by atoms with van der Waals surface area (Å²) >= 11 is 12.5. The topological polar surface area (TPSA) is 50.8 Å². The van der Waals surface area contributed by atoms with E-state index < -0.39 is 0 Å². The lowest BCUT2D eigenvalue weighted by molar-refractivity contribution is -0.118. The molecule has 1 amide bonds. The lowest BCUT2D eigenvalue weighted by atomic mass is 9.90. The SMILES string of the molecule is CCOc1cc(C(=S)N2CCC(Cc3ccccc3)CC2)cc(Cl)c1OCC(=O)Nc1ccc(CC)cc1. The summed E-state index contributed by atoms with van der Waals surface area (Å²) in [6.45, 7) is 6.06. The Hall–Kier alpha value is -3.09. The zero-order valence-electron chi connectivity index (χ0n) is 22.0. The maximum Gasteiger partial charge on any atom is 0.262 e. The number of nitrogens with one attached hydrogen (secondary N) is 1. The van der Waals surface area contributed by atoms with Crippen molar-refractivity contribution < 1.29 is 14.3 Å². The van der Waals surface area contributed by atoms with Crippen molar-refractivity contribution in [3.8, 4) is 11.5 Å². The third-order valence-corrected chi connectivity index (χ3v) is 7.59. The van der Waals surface area contributed by atoms with Gasteiger partial charge in [0.2, 0.25) is 0 Å². The van der Waals surface area contributed by atoms with E-state index in [-0.39, 0.29) is 12.5 Å². The molecule has 0 radical (unpaired) electrons. The fourth-order valence-electron chi connectivity index (χ4n) is 4.72. The van der Waals surface area contributed by atoms with E-state index in [2.05, 4.69) is 47.5 Å². The summed E-state index contributed by atoms with van der Waals surface area (Å²) in [6.07, 6.45) is 4.24. The quantitative estimate of drug-likeness (QED) is 0.277. The molecule has 7 heteroatoms. The Morgan fingerprint density at radius 3 is 2.37 bits per heavy atom. The average molecular weight is 551 g/mol. The Balaban J connectivity index is 1.37. The van der Waals surface area contributed by atoms with Gasteiger partial charge in [0.25, 0.3) is 5.91 Å². The lowest BCUT2D eigenvalue weighted by Crippen LogP contribution is -2.38. The predicted octanol–water partition coefficient (Wildman–Crippen LogP) is 6.95. The molecule has 1 aliphatic heterocycles. The van der Waals surface area contributed by atoms with E-state index in [1.807, 2.05) is 37.3 Å². The first-order valence-corrected chi connectivity index (χ1v) is 14.1. The fraction of sp³-hybridized carbons (Fsp3) is 0.355. The third-order valence-electron chi connectivity index (χ3n) is 6.82. The number of benzene rings is 3. The van der Waals surface area contributed by atoms with Crippen molar-refractivity contribution in [1.29, 1.82) is 0 Å². The zero-order chi connectivity index (χ0) is 26.9. The van der Waals surface area contributed by atoms with Crippen LogP contribution in [-0.4, -0.2) is 42.1 Å². The molecule has 38 heavy (non-hydrogen) atoms. The Bertz CT molecular complexity index is 1230. The van der Waals surface area contributed by atoms with Gasteiger partial charge >= 0.3 is 0 Å². The Morgan fingerprint density at radius 1 is 1.00 bits per heavy atom. The van der Waals surface area contributed by atoms with E-state index in [9.17, 15) is 4.79 Å². The minimum Gasteiger partial charge on any atom is -0.490 e. The number of thiocarbonyl (C=S) groups is 1. The van der Waals surface area contributed by atoms with Crippen LogP contribution in [0.3, 0.4) is 0 Å². The van der Waals surface area contributed by atoms with Crippen LogP contribution in [0.2, 0.25) is 5.02 Å². The molecule has 1 N–H and O–H groups in total. The van der Waals surface area contributed by atoms with Gasteiger partial charge in [-0.1, -0.05) is 73.2 Å². The van der Waals surface area contributed by atoms with Gasteiger partial charge in [-0.05, 0) is 73.9 Å². The highest BCUT2D eigenvalue weighted by Crippen LogP contribution is 2.37. The summed E-state index contributed by atoms with van der Waals surface area (Å²) in [6, 6.07) is 22.1. The molecular weight excluding hydrogens is 516 g/mol. The van der Waals surface area contributed by atoms with Crippen LogP contribution in [0.5, 0.6) is 11.5 Å². The smallest absolute Gasteiger partial charge is 0.262 e. The molecule has 4 rings (SSSR count). The number of aryl methyl sites for hydroxylation is 1. The largest absolute Gasteiger partial charge is 0.490 e. The normalized spacial score (nSPS) is 13.7. The summed E-state index contributed by atoms with van der Waals surface area (Å²) in [4.78, 5) is 15.5. The molecule has 3 aromatic rings. The van der Waals surface area contributed by atoms with Crippen molar-refractivity contribution in [2.75, 3.05) is 31.6 Å². The number of anilines is 1. The van der Waals surface area contributed by atoms with Gasteiger partial charge in [0.1, 0.15) is 4.99 Å². The number of likely N-dealkylation sites (tertiary alicyclic amines) is 1. The second-order valence-electron chi connectivity index (χ2n) is 9.53. The van der Waals surface area contributed by atoms with Gasteiger partial charge in [-0.15, -0.1) is 0 Å². The van der Waals surface area contributed by atoms with Crippen LogP contribution in [-0.2, 0) is 17.6 Å². The first-order chi connectivity index (χ1) is 18.5. The minimum atomic E-state index is -0.272. The molecule has 0 unspecified atom stereocenters. The molecule has 1 aliphatic rings. The number of carbonyl (C=O) groups is 1. The van der Waals surface area contributed by atoms with Crippen molar-refractivity contribution in [2.24, 2.45) is 5.92 Å². The first-order valence-electron chi connectivity index (χ1n) is 13.3. The maximum atomic E-state index is 12.5. The van der Waals surface area contributed by atoms with Crippen LogP contribution in [0, 0.1) is 5.92 Å². The first kappa shape index (κ1) is 27.9. The molecule has 0 aliphatic carbocycles. The van der Waals surface area contributed by atoms with E-state index in [0.29, 0.717) is 29.0 Å². The highest BCUT2D eigenvalue weighted by Gasteiger charge is 2.24.